The summed E-state index contributed by atoms with van der Waals surface area (Å²) in [5.41, 5.74) is 8.42. The van der Waals surface area contributed by atoms with E-state index >= 15 is 0 Å². The first-order valence-electron chi connectivity index (χ1n) is 6.45. The molecule has 19 heavy (non-hydrogen) atoms. The molecule has 0 bridgehead atoms. The molecule has 4 nitrogen and oxygen atoms in total. The third-order valence-electron chi connectivity index (χ3n) is 3.92. The zero-order valence-corrected chi connectivity index (χ0v) is 11.7. The Hall–Kier alpha value is -1.67. The van der Waals surface area contributed by atoms with Crippen LogP contribution in [0.3, 0.4) is 0 Å². The third-order valence-corrected chi connectivity index (χ3v) is 5.08. The van der Waals surface area contributed by atoms with Crippen LogP contribution in [0.25, 0.3) is 11.0 Å². The van der Waals surface area contributed by atoms with Crippen molar-refractivity contribution in [2.45, 2.75) is 30.6 Å². The van der Waals surface area contributed by atoms with Gasteiger partial charge in [-0.2, -0.15) is 17.0 Å². The number of nitriles is 1. The minimum atomic E-state index is 0.397. The number of thioether (sulfide) groups is 1. The highest BCUT2D eigenvalue weighted by molar-refractivity contribution is 7.99. The van der Waals surface area contributed by atoms with E-state index in [4.69, 9.17) is 11.0 Å². The van der Waals surface area contributed by atoms with E-state index in [1.54, 1.807) is 6.07 Å². The molecule has 0 aliphatic heterocycles. The van der Waals surface area contributed by atoms with E-state index in [9.17, 15) is 0 Å². The standard InChI is InChI=1S/C14H16N4S/c1-19-12-7-3-5-10(12)18-11-6-2-4-9(8-15)13(11)17-14(18)16/h2,4,6,10,12H,3,5,7H2,1H3,(H2,16,17). The van der Waals surface area contributed by atoms with Gasteiger partial charge in [-0.3, -0.25) is 0 Å². The van der Waals surface area contributed by atoms with E-state index < -0.39 is 0 Å². The van der Waals surface area contributed by atoms with Crippen LogP contribution >= 0.6 is 11.8 Å². The normalized spacial score (nSPS) is 22.7. The fourth-order valence-electron chi connectivity index (χ4n) is 3.05. The van der Waals surface area contributed by atoms with Crippen molar-refractivity contribution in [2.24, 2.45) is 0 Å². The highest BCUT2D eigenvalue weighted by Crippen LogP contribution is 2.40. The maximum Gasteiger partial charge on any atom is 0.201 e. The van der Waals surface area contributed by atoms with Gasteiger partial charge < -0.3 is 10.3 Å². The zero-order valence-electron chi connectivity index (χ0n) is 10.8. The number of hydrogen-bond donors (Lipinski definition) is 1. The number of nitrogens with zero attached hydrogens (tertiary/aromatic N) is 3. The van der Waals surface area contributed by atoms with Gasteiger partial charge in [0.2, 0.25) is 5.95 Å². The van der Waals surface area contributed by atoms with Gasteiger partial charge in [0.25, 0.3) is 0 Å². The quantitative estimate of drug-likeness (QED) is 0.912. The summed E-state index contributed by atoms with van der Waals surface area (Å²) in [4.78, 5) is 4.41. The second-order valence-corrected chi connectivity index (χ2v) is 5.97. The van der Waals surface area contributed by atoms with Gasteiger partial charge in [-0.05, 0) is 31.2 Å². The average molecular weight is 272 g/mol. The molecule has 98 valence electrons. The minimum absolute atomic E-state index is 0.397. The Morgan fingerprint density at radius 1 is 1.47 bits per heavy atom. The van der Waals surface area contributed by atoms with Crippen LogP contribution < -0.4 is 5.73 Å². The molecule has 2 unspecified atom stereocenters. The van der Waals surface area contributed by atoms with E-state index in [1.165, 1.54) is 12.8 Å². The number of fused-ring (bicyclic) bond motifs is 1. The van der Waals surface area contributed by atoms with Gasteiger partial charge in [0.1, 0.15) is 11.6 Å². The number of nitrogen functional groups attached to an aromatic ring is 1. The molecule has 3 rings (SSSR count). The lowest BCUT2D eigenvalue weighted by Crippen LogP contribution is -2.17. The summed E-state index contributed by atoms with van der Waals surface area (Å²) in [5, 5.41) is 9.74. The summed E-state index contributed by atoms with van der Waals surface area (Å²) in [6.07, 6.45) is 5.74. The minimum Gasteiger partial charge on any atom is -0.369 e. The molecule has 1 fully saturated rings. The molecule has 1 aliphatic rings. The van der Waals surface area contributed by atoms with E-state index in [0.29, 0.717) is 22.8 Å². The number of benzene rings is 1. The SMILES string of the molecule is CSC1CCCC1n1c(N)nc2c(C#N)cccc21. The van der Waals surface area contributed by atoms with Gasteiger partial charge in [-0.1, -0.05) is 12.5 Å². The van der Waals surface area contributed by atoms with Gasteiger partial charge >= 0.3 is 0 Å². The molecule has 1 heterocycles. The second kappa shape index (κ2) is 4.78. The molecule has 2 aromatic rings. The van der Waals surface area contributed by atoms with Crippen LogP contribution in [0.15, 0.2) is 18.2 Å². The van der Waals surface area contributed by atoms with Crippen molar-refractivity contribution >= 4 is 28.7 Å². The fourth-order valence-corrected chi connectivity index (χ4v) is 4.02. The van der Waals surface area contributed by atoms with Crippen LogP contribution in [0, 0.1) is 11.3 Å². The Bertz CT molecular complexity index is 655. The fraction of sp³-hybridized carbons (Fsp3) is 0.429. The second-order valence-electron chi connectivity index (χ2n) is 4.90. The third kappa shape index (κ3) is 1.87. The molecule has 0 saturated heterocycles. The van der Waals surface area contributed by atoms with Gasteiger partial charge in [-0.25, -0.2) is 4.98 Å². The molecule has 0 spiro atoms. The lowest BCUT2D eigenvalue weighted by molar-refractivity contribution is 0.550. The molecular formula is C14H16N4S. The van der Waals surface area contributed by atoms with Crippen molar-refractivity contribution in [3.63, 3.8) is 0 Å². The first-order chi connectivity index (χ1) is 9.26. The first kappa shape index (κ1) is 12.4. The summed E-state index contributed by atoms with van der Waals surface area (Å²) in [6, 6.07) is 8.29. The average Bonchev–Trinajstić information content (AvgIpc) is 3.00. The number of nitrogens with two attached hydrogens (primary N) is 1. The van der Waals surface area contributed by atoms with E-state index in [2.05, 4.69) is 21.9 Å². The molecule has 1 aliphatic carbocycles. The lowest BCUT2D eigenvalue weighted by atomic mass is 10.2. The number of para-hydroxylation sites is 1. The van der Waals surface area contributed by atoms with Crippen molar-refractivity contribution in [3.05, 3.63) is 23.8 Å². The molecule has 1 aromatic heterocycles. The largest absolute Gasteiger partial charge is 0.369 e. The summed E-state index contributed by atoms with van der Waals surface area (Å²) < 4.78 is 2.13. The van der Waals surface area contributed by atoms with E-state index in [-0.39, 0.29) is 0 Å². The summed E-state index contributed by atoms with van der Waals surface area (Å²) in [6.45, 7) is 0. The van der Waals surface area contributed by atoms with Crippen molar-refractivity contribution in [2.75, 3.05) is 12.0 Å². The summed E-state index contributed by atoms with van der Waals surface area (Å²) in [5.74, 6) is 0.531. The maximum absolute atomic E-state index is 9.16. The van der Waals surface area contributed by atoms with Gasteiger partial charge in [0.15, 0.2) is 0 Å². The van der Waals surface area contributed by atoms with Crippen molar-refractivity contribution in [1.82, 2.24) is 9.55 Å². The molecule has 0 radical (unpaired) electrons. The number of anilines is 1. The Morgan fingerprint density at radius 3 is 3.05 bits per heavy atom. The van der Waals surface area contributed by atoms with Crippen LogP contribution in [0.1, 0.15) is 30.9 Å². The Morgan fingerprint density at radius 2 is 2.32 bits per heavy atom. The number of hydrogen-bond acceptors (Lipinski definition) is 4. The predicted molar refractivity (Wildman–Crippen MR) is 79.1 cm³/mol. The van der Waals surface area contributed by atoms with Gasteiger partial charge in [0.05, 0.1) is 11.1 Å². The predicted octanol–water partition coefficient (Wildman–Crippen LogP) is 2.95. The van der Waals surface area contributed by atoms with Crippen LogP contribution in [-0.2, 0) is 0 Å². The Labute approximate surface area is 116 Å². The van der Waals surface area contributed by atoms with E-state index in [1.807, 2.05) is 23.9 Å². The molecular weight excluding hydrogens is 256 g/mol. The molecule has 1 aromatic carbocycles. The van der Waals surface area contributed by atoms with Gasteiger partial charge in [0, 0.05) is 11.3 Å². The topological polar surface area (TPSA) is 67.6 Å². The first-order valence-corrected chi connectivity index (χ1v) is 7.74. The molecule has 5 heteroatoms. The summed E-state index contributed by atoms with van der Waals surface area (Å²) in [7, 11) is 0. The molecule has 1 saturated carbocycles. The Balaban J connectivity index is 2.19. The lowest BCUT2D eigenvalue weighted by Gasteiger charge is -2.21. The van der Waals surface area contributed by atoms with Crippen molar-refractivity contribution in [3.8, 4) is 6.07 Å². The number of imidazole rings is 1. The molecule has 0 amide bonds. The van der Waals surface area contributed by atoms with Crippen molar-refractivity contribution < 1.29 is 0 Å². The summed E-state index contributed by atoms with van der Waals surface area (Å²) >= 11 is 1.90. The maximum atomic E-state index is 9.16. The Kier molecular flexibility index (Phi) is 3.11. The molecule has 2 atom stereocenters. The number of aromatic nitrogens is 2. The van der Waals surface area contributed by atoms with Crippen LogP contribution in [0.2, 0.25) is 0 Å². The van der Waals surface area contributed by atoms with Gasteiger partial charge in [-0.15, -0.1) is 0 Å². The number of rotatable bonds is 2. The highest BCUT2D eigenvalue weighted by Gasteiger charge is 2.30. The van der Waals surface area contributed by atoms with Crippen LogP contribution in [-0.4, -0.2) is 21.1 Å². The van der Waals surface area contributed by atoms with E-state index in [0.717, 1.165) is 17.5 Å². The monoisotopic (exact) mass is 272 g/mol. The van der Waals surface area contributed by atoms with Crippen molar-refractivity contribution in [1.29, 1.82) is 5.26 Å². The zero-order chi connectivity index (χ0) is 13.4. The molecule has 2 N–H and O–H groups in total. The van der Waals surface area contributed by atoms with Crippen LogP contribution in [0.4, 0.5) is 5.95 Å². The van der Waals surface area contributed by atoms with Crippen LogP contribution in [0.5, 0.6) is 0 Å². The smallest absolute Gasteiger partial charge is 0.201 e. The highest BCUT2D eigenvalue weighted by atomic mass is 32.2.